The Morgan fingerprint density at radius 3 is 2.78 bits per heavy atom. The first-order valence-electron chi connectivity index (χ1n) is 8.17. The molecular formula is C19H23FN2O. The number of hydrogen-bond donors (Lipinski definition) is 0. The van der Waals surface area contributed by atoms with E-state index in [2.05, 4.69) is 16.9 Å². The molecule has 0 spiro atoms. The van der Waals surface area contributed by atoms with E-state index in [4.69, 9.17) is 4.74 Å². The van der Waals surface area contributed by atoms with Crippen LogP contribution in [0.1, 0.15) is 37.8 Å². The minimum absolute atomic E-state index is 0.270. The van der Waals surface area contributed by atoms with Gasteiger partial charge in [0.05, 0.1) is 24.9 Å². The van der Waals surface area contributed by atoms with Gasteiger partial charge in [0, 0.05) is 11.8 Å². The van der Waals surface area contributed by atoms with Gasteiger partial charge in [-0.15, -0.1) is 0 Å². The molecule has 3 nitrogen and oxygen atoms in total. The molecule has 1 aromatic heterocycles. The lowest BCUT2D eigenvalue weighted by molar-refractivity contribution is 0.299. The molecule has 3 rings (SSSR count). The van der Waals surface area contributed by atoms with Gasteiger partial charge in [-0.3, -0.25) is 4.68 Å². The predicted octanol–water partition coefficient (Wildman–Crippen LogP) is 4.07. The molecule has 0 radical (unpaired) electrons. The molecule has 0 atom stereocenters. The highest BCUT2D eigenvalue weighted by Gasteiger charge is 2.21. The van der Waals surface area contributed by atoms with E-state index in [1.165, 1.54) is 12.8 Å². The van der Waals surface area contributed by atoms with Crippen LogP contribution in [0.3, 0.4) is 0 Å². The molecule has 23 heavy (non-hydrogen) atoms. The standard InChI is InChI=1S/C17H17FN2O.C2H6/c18-8-9-20-12-16(11-19-20)7-4-14-2-1-3-17(10-14)21-13-15-5-6-15;1-2/h1-3,10-12,15H,5-6,8-9,13H2;1-2H3. The molecule has 1 fully saturated rings. The SMILES string of the molecule is CC.FCCn1cc(C#Cc2cccc(OCC3CC3)c2)cn1. The van der Waals surface area contributed by atoms with Crippen molar-refractivity contribution in [3.8, 4) is 17.6 Å². The van der Waals surface area contributed by atoms with E-state index >= 15 is 0 Å². The van der Waals surface area contributed by atoms with Crippen molar-refractivity contribution in [3.05, 3.63) is 47.8 Å². The Kier molecular flexibility index (Phi) is 6.68. The average Bonchev–Trinajstić information content (AvgIpc) is 3.32. The molecule has 0 unspecified atom stereocenters. The van der Waals surface area contributed by atoms with Crippen molar-refractivity contribution in [1.82, 2.24) is 9.78 Å². The van der Waals surface area contributed by atoms with E-state index in [0.717, 1.165) is 29.4 Å². The van der Waals surface area contributed by atoms with Crippen molar-refractivity contribution < 1.29 is 9.13 Å². The predicted molar refractivity (Wildman–Crippen MR) is 90.2 cm³/mol. The lowest BCUT2D eigenvalue weighted by atomic mass is 10.2. The van der Waals surface area contributed by atoms with Crippen LogP contribution in [0.25, 0.3) is 0 Å². The largest absolute Gasteiger partial charge is 0.493 e. The highest BCUT2D eigenvalue weighted by Crippen LogP contribution is 2.29. The highest BCUT2D eigenvalue weighted by atomic mass is 19.1. The molecule has 1 aliphatic carbocycles. The van der Waals surface area contributed by atoms with Crippen LogP contribution in [0.2, 0.25) is 0 Å². The van der Waals surface area contributed by atoms with Crippen LogP contribution < -0.4 is 4.74 Å². The number of hydrogen-bond acceptors (Lipinski definition) is 2. The summed E-state index contributed by atoms with van der Waals surface area (Å²) in [5.41, 5.74) is 1.69. The molecular weight excluding hydrogens is 291 g/mol. The number of aryl methyl sites for hydroxylation is 1. The summed E-state index contributed by atoms with van der Waals surface area (Å²) >= 11 is 0. The third-order valence-electron chi connectivity index (χ3n) is 3.31. The smallest absolute Gasteiger partial charge is 0.120 e. The monoisotopic (exact) mass is 314 g/mol. The lowest BCUT2D eigenvalue weighted by Gasteiger charge is -2.04. The quantitative estimate of drug-likeness (QED) is 0.778. The molecule has 0 saturated heterocycles. The number of aromatic nitrogens is 2. The molecule has 0 N–H and O–H groups in total. The summed E-state index contributed by atoms with van der Waals surface area (Å²) in [6.07, 6.45) is 5.96. The van der Waals surface area contributed by atoms with Crippen molar-refractivity contribution in [2.24, 2.45) is 5.92 Å². The van der Waals surface area contributed by atoms with Gasteiger partial charge in [-0.1, -0.05) is 31.8 Å². The van der Waals surface area contributed by atoms with Gasteiger partial charge in [-0.05, 0) is 37.0 Å². The second-order valence-corrected chi connectivity index (χ2v) is 5.21. The van der Waals surface area contributed by atoms with Crippen LogP contribution in [0.5, 0.6) is 5.75 Å². The second-order valence-electron chi connectivity index (χ2n) is 5.21. The summed E-state index contributed by atoms with van der Waals surface area (Å²) in [4.78, 5) is 0. The van der Waals surface area contributed by atoms with Gasteiger partial charge in [0.25, 0.3) is 0 Å². The number of nitrogens with zero attached hydrogens (tertiary/aromatic N) is 2. The van der Waals surface area contributed by atoms with Crippen LogP contribution in [0, 0.1) is 17.8 Å². The van der Waals surface area contributed by atoms with Crippen LogP contribution in [0.15, 0.2) is 36.7 Å². The van der Waals surface area contributed by atoms with Crippen molar-refractivity contribution in [3.63, 3.8) is 0 Å². The Balaban J connectivity index is 0.000000924. The summed E-state index contributed by atoms with van der Waals surface area (Å²) in [6.45, 7) is 4.65. The molecule has 1 saturated carbocycles. The maximum absolute atomic E-state index is 12.2. The molecule has 0 aliphatic heterocycles. The van der Waals surface area contributed by atoms with Gasteiger partial charge in [0.1, 0.15) is 12.4 Å². The fourth-order valence-corrected chi connectivity index (χ4v) is 1.94. The van der Waals surface area contributed by atoms with Crippen LogP contribution >= 0.6 is 0 Å². The molecule has 1 aromatic carbocycles. The third-order valence-corrected chi connectivity index (χ3v) is 3.31. The number of halogens is 1. The average molecular weight is 314 g/mol. The van der Waals surface area contributed by atoms with Crippen molar-refractivity contribution in [2.45, 2.75) is 33.2 Å². The Morgan fingerprint density at radius 2 is 2.04 bits per heavy atom. The first-order chi connectivity index (χ1) is 11.3. The van der Waals surface area contributed by atoms with Crippen molar-refractivity contribution in [1.29, 1.82) is 0 Å². The maximum atomic E-state index is 12.2. The summed E-state index contributed by atoms with van der Waals surface area (Å²) < 4.78 is 19.5. The number of ether oxygens (including phenoxy) is 1. The molecule has 122 valence electrons. The highest BCUT2D eigenvalue weighted by molar-refractivity contribution is 5.44. The summed E-state index contributed by atoms with van der Waals surface area (Å²) in [7, 11) is 0. The van der Waals surface area contributed by atoms with Crippen molar-refractivity contribution >= 4 is 0 Å². The van der Waals surface area contributed by atoms with Crippen LogP contribution in [-0.2, 0) is 6.54 Å². The fraction of sp³-hybridized carbons (Fsp3) is 0.421. The zero-order valence-electron chi connectivity index (χ0n) is 13.8. The molecule has 1 heterocycles. The van der Waals surface area contributed by atoms with Crippen molar-refractivity contribution in [2.75, 3.05) is 13.3 Å². The van der Waals surface area contributed by atoms with Gasteiger partial charge in [-0.25, -0.2) is 4.39 Å². The first kappa shape index (κ1) is 17.1. The van der Waals surface area contributed by atoms with Gasteiger partial charge in [-0.2, -0.15) is 5.10 Å². The minimum atomic E-state index is -0.422. The Morgan fingerprint density at radius 1 is 1.26 bits per heavy atom. The normalized spacial score (nSPS) is 12.7. The zero-order chi connectivity index (χ0) is 16.5. The van der Waals surface area contributed by atoms with E-state index in [9.17, 15) is 4.39 Å². The minimum Gasteiger partial charge on any atom is -0.493 e. The maximum Gasteiger partial charge on any atom is 0.120 e. The van der Waals surface area contributed by atoms with Gasteiger partial charge < -0.3 is 4.74 Å². The number of alkyl halides is 1. The van der Waals surface area contributed by atoms with Crippen LogP contribution in [-0.4, -0.2) is 23.1 Å². The topological polar surface area (TPSA) is 27.1 Å². The van der Waals surface area contributed by atoms with Crippen LogP contribution in [0.4, 0.5) is 4.39 Å². The third kappa shape index (κ3) is 5.78. The van der Waals surface area contributed by atoms with E-state index in [1.54, 1.807) is 17.1 Å². The van der Waals surface area contributed by atoms with E-state index in [1.807, 2.05) is 38.1 Å². The lowest BCUT2D eigenvalue weighted by Crippen LogP contribution is -1.98. The summed E-state index contributed by atoms with van der Waals surface area (Å²) in [6, 6.07) is 7.79. The Labute approximate surface area is 137 Å². The van der Waals surface area contributed by atoms with E-state index in [-0.39, 0.29) is 6.54 Å². The number of benzene rings is 1. The zero-order valence-corrected chi connectivity index (χ0v) is 13.8. The summed E-state index contributed by atoms with van der Waals surface area (Å²) in [5.74, 6) is 7.72. The fourth-order valence-electron chi connectivity index (χ4n) is 1.94. The Bertz CT molecular complexity index is 665. The number of rotatable bonds is 5. The van der Waals surface area contributed by atoms with Gasteiger partial charge in [0.15, 0.2) is 0 Å². The summed E-state index contributed by atoms with van der Waals surface area (Å²) in [5, 5.41) is 4.04. The van der Waals surface area contributed by atoms with Gasteiger partial charge >= 0.3 is 0 Å². The molecule has 0 bridgehead atoms. The van der Waals surface area contributed by atoms with E-state index in [0.29, 0.717) is 0 Å². The second kappa shape index (κ2) is 8.99. The van der Waals surface area contributed by atoms with Gasteiger partial charge in [0.2, 0.25) is 0 Å². The Hall–Kier alpha value is -2.28. The molecule has 2 aromatic rings. The molecule has 4 heteroatoms. The molecule has 0 amide bonds. The molecule has 1 aliphatic rings. The first-order valence-corrected chi connectivity index (χ1v) is 8.17. The van der Waals surface area contributed by atoms with E-state index < -0.39 is 6.67 Å².